The third kappa shape index (κ3) is 3.11. The van der Waals surface area contributed by atoms with Crippen LogP contribution in [0.1, 0.15) is 5.56 Å². The van der Waals surface area contributed by atoms with Gasteiger partial charge in [0.1, 0.15) is 0 Å². The third-order valence-electron chi connectivity index (χ3n) is 2.96. The van der Waals surface area contributed by atoms with Crippen LogP contribution in [0.5, 0.6) is 0 Å². The number of sulfone groups is 1. The Morgan fingerprint density at radius 2 is 2.00 bits per heavy atom. The van der Waals surface area contributed by atoms with Crippen molar-refractivity contribution in [1.29, 1.82) is 0 Å². The van der Waals surface area contributed by atoms with Crippen molar-refractivity contribution in [3.05, 3.63) is 29.2 Å². The van der Waals surface area contributed by atoms with Crippen molar-refractivity contribution in [3.8, 4) is 0 Å². The zero-order valence-electron chi connectivity index (χ0n) is 10.7. The summed E-state index contributed by atoms with van der Waals surface area (Å²) in [4.78, 5) is -0.0789. The van der Waals surface area contributed by atoms with Gasteiger partial charge in [-0.05, 0) is 24.6 Å². The van der Waals surface area contributed by atoms with Gasteiger partial charge in [0.25, 0.3) is 0 Å². The van der Waals surface area contributed by atoms with Gasteiger partial charge in [-0.3, -0.25) is 0 Å². The number of hydrogen-bond donors (Lipinski definition) is 3. The standard InChI is InChI=1S/C11H15N3O4S2/c1-7-10(14-9-2-3-19(15,16)6-9)4-8(12)5-11(7)20(13,17)18/h2-5,9,14H,6,12H2,1H3,(H2,13,17,18). The fraction of sp³-hybridized carbons (Fsp3) is 0.273. The van der Waals surface area contributed by atoms with E-state index in [0.29, 0.717) is 11.3 Å². The molecule has 1 atom stereocenters. The van der Waals surface area contributed by atoms with E-state index in [1.54, 1.807) is 13.0 Å². The maximum absolute atomic E-state index is 11.5. The predicted molar refractivity (Wildman–Crippen MR) is 77.3 cm³/mol. The molecule has 20 heavy (non-hydrogen) atoms. The summed E-state index contributed by atoms with van der Waals surface area (Å²) in [7, 11) is -7.09. The largest absolute Gasteiger partial charge is 0.399 e. The summed E-state index contributed by atoms with van der Waals surface area (Å²) >= 11 is 0. The molecular formula is C11H15N3O4S2. The second kappa shape index (κ2) is 4.76. The van der Waals surface area contributed by atoms with Crippen LogP contribution in [-0.2, 0) is 19.9 Å². The van der Waals surface area contributed by atoms with Crippen molar-refractivity contribution in [3.63, 3.8) is 0 Å². The minimum atomic E-state index is -3.89. The number of nitrogens with one attached hydrogen (secondary N) is 1. The Hall–Kier alpha value is -1.58. The van der Waals surface area contributed by atoms with Crippen molar-refractivity contribution in [2.24, 2.45) is 5.14 Å². The van der Waals surface area contributed by atoms with E-state index in [9.17, 15) is 16.8 Å². The molecule has 5 N–H and O–H groups in total. The van der Waals surface area contributed by atoms with Crippen LogP contribution in [-0.4, -0.2) is 28.6 Å². The molecule has 0 amide bonds. The summed E-state index contributed by atoms with van der Waals surface area (Å²) < 4.78 is 45.6. The molecule has 0 radical (unpaired) electrons. The van der Waals surface area contributed by atoms with E-state index in [4.69, 9.17) is 10.9 Å². The van der Waals surface area contributed by atoms with E-state index < -0.39 is 25.9 Å². The molecule has 1 aromatic carbocycles. The molecule has 7 nitrogen and oxygen atoms in total. The number of anilines is 2. The Labute approximate surface area is 117 Å². The third-order valence-corrected chi connectivity index (χ3v) is 5.39. The summed E-state index contributed by atoms with van der Waals surface area (Å²) in [5, 5.41) is 9.21. The van der Waals surface area contributed by atoms with Crippen LogP contribution in [0.3, 0.4) is 0 Å². The lowest BCUT2D eigenvalue weighted by molar-refractivity contribution is 0.596. The van der Waals surface area contributed by atoms with Crippen LogP contribution >= 0.6 is 0 Å². The molecule has 1 heterocycles. The summed E-state index contributed by atoms with van der Waals surface area (Å²) in [5.74, 6) is -0.0774. The van der Waals surface area contributed by atoms with E-state index >= 15 is 0 Å². The SMILES string of the molecule is Cc1c(NC2C=CS(=O)(=O)C2)cc(N)cc1S(N)(=O)=O. The maximum Gasteiger partial charge on any atom is 0.238 e. The van der Waals surface area contributed by atoms with Crippen LogP contribution in [0.4, 0.5) is 11.4 Å². The Morgan fingerprint density at radius 3 is 2.50 bits per heavy atom. The summed E-state index contributed by atoms with van der Waals surface area (Å²) in [5.41, 5.74) is 6.73. The van der Waals surface area contributed by atoms with Gasteiger partial charge in [-0.1, -0.05) is 6.08 Å². The zero-order valence-corrected chi connectivity index (χ0v) is 12.3. The fourth-order valence-electron chi connectivity index (χ4n) is 2.02. The number of rotatable bonds is 3. The maximum atomic E-state index is 11.5. The minimum absolute atomic E-state index is 0.0774. The molecule has 0 aliphatic carbocycles. The smallest absolute Gasteiger partial charge is 0.238 e. The van der Waals surface area contributed by atoms with Gasteiger partial charge in [-0.2, -0.15) is 0 Å². The van der Waals surface area contributed by atoms with E-state index in [-0.39, 0.29) is 16.3 Å². The minimum Gasteiger partial charge on any atom is -0.399 e. The highest BCUT2D eigenvalue weighted by atomic mass is 32.2. The van der Waals surface area contributed by atoms with Crippen molar-refractivity contribution < 1.29 is 16.8 Å². The summed E-state index contributed by atoms with van der Waals surface area (Å²) in [6.45, 7) is 1.58. The number of primary sulfonamides is 1. The van der Waals surface area contributed by atoms with Gasteiger partial charge in [-0.25, -0.2) is 22.0 Å². The first-order valence-electron chi connectivity index (χ1n) is 5.69. The van der Waals surface area contributed by atoms with Gasteiger partial charge < -0.3 is 11.1 Å². The van der Waals surface area contributed by atoms with Gasteiger partial charge in [0.05, 0.1) is 16.7 Å². The average molecular weight is 317 g/mol. The molecule has 0 aromatic heterocycles. The van der Waals surface area contributed by atoms with Gasteiger partial charge in [0, 0.05) is 16.8 Å². The lowest BCUT2D eigenvalue weighted by atomic mass is 10.1. The molecule has 0 bridgehead atoms. The highest BCUT2D eigenvalue weighted by Crippen LogP contribution is 2.27. The topological polar surface area (TPSA) is 132 Å². The lowest BCUT2D eigenvalue weighted by Gasteiger charge is -2.16. The molecule has 1 unspecified atom stereocenters. The van der Waals surface area contributed by atoms with E-state index in [1.807, 2.05) is 0 Å². The Balaban J connectivity index is 2.39. The normalized spacial score (nSPS) is 21.0. The number of nitrogens with two attached hydrogens (primary N) is 2. The fourth-order valence-corrected chi connectivity index (χ4v) is 4.09. The van der Waals surface area contributed by atoms with Crippen LogP contribution in [0.2, 0.25) is 0 Å². The molecule has 0 saturated carbocycles. The summed E-state index contributed by atoms with van der Waals surface area (Å²) in [6, 6.07) is 2.40. The van der Waals surface area contributed by atoms with E-state index in [1.165, 1.54) is 12.1 Å². The average Bonchev–Trinajstić information content (AvgIpc) is 2.61. The van der Waals surface area contributed by atoms with Crippen LogP contribution < -0.4 is 16.2 Å². The molecule has 9 heteroatoms. The monoisotopic (exact) mass is 317 g/mol. The molecule has 0 fully saturated rings. The quantitative estimate of drug-likeness (QED) is 0.669. The van der Waals surface area contributed by atoms with Crippen molar-refractivity contribution in [1.82, 2.24) is 0 Å². The van der Waals surface area contributed by atoms with E-state index in [2.05, 4.69) is 5.32 Å². The first kappa shape index (κ1) is 14.8. The van der Waals surface area contributed by atoms with Crippen LogP contribution in [0.15, 0.2) is 28.5 Å². The first-order valence-corrected chi connectivity index (χ1v) is 8.95. The molecule has 1 aliphatic heterocycles. The second-order valence-corrected chi connectivity index (χ2v) is 8.11. The van der Waals surface area contributed by atoms with Crippen molar-refractivity contribution in [2.75, 3.05) is 16.8 Å². The first-order chi connectivity index (χ1) is 9.08. The summed E-state index contributed by atoms with van der Waals surface area (Å²) in [6.07, 6.45) is 1.51. The second-order valence-electron chi connectivity index (χ2n) is 4.65. The lowest BCUT2D eigenvalue weighted by Crippen LogP contribution is -2.22. The molecule has 110 valence electrons. The van der Waals surface area contributed by atoms with Gasteiger partial charge in [0.2, 0.25) is 10.0 Å². The number of sulfonamides is 1. The van der Waals surface area contributed by atoms with Gasteiger partial charge in [0.15, 0.2) is 9.84 Å². The number of hydrogen-bond acceptors (Lipinski definition) is 6. The van der Waals surface area contributed by atoms with Crippen molar-refractivity contribution >= 4 is 31.2 Å². The van der Waals surface area contributed by atoms with Gasteiger partial charge in [-0.15, -0.1) is 0 Å². The predicted octanol–water partition coefficient (Wildman–Crippen LogP) is -0.0528. The van der Waals surface area contributed by atoms with Crippen LogP contribution in [0, 0.1) is 6.92 Å². The van der Waals surface area contributed by atoms with Crippen LogP contribution in [0.25, 0.3) is 0 Å². The molecule has 2 rings (SSSR count). The van der Waals surface area contributed by atoms with Crippen molar-refractivity contribution in [2.45, 2.75) is 17.9 Å². The molecular weight excluding hydrogens is 302 g/mol. The zero-order chi connectivity index (χ0) is 15.1. The molecule has 0 saturated heterocycles. The Kier molecular flexibility index (Phi) is 3.53. The van der Waals surface area contributed by atoms with Gasteiger partial charge >= 0.3 is 0 Å². The van der Waals surface area contributed by atoms with E-state index in [0.717, 1.165) is 5.41 Å². The Morgan fingerprint density at radius 1 is 1.35 bits per heavy atom. The molecule has 1 aromatic rings. The Bertz CT molecular complexity index is 782. The number of benzene rings is 1. The number of nitrogen functional groups attached to an aromatic ring is 1. The molecule has 0 spiro atoms. The molecule has 1 aliphatic rings. The highest BCUT2D eigenvalue weighted by Gasteiger charge is 2.23. The highest BCUT2D eigenvalue weighted by molar-refractivity contribution is 7.94.